The van der Waals surface area contributed by atoms with E-state index < -0.39 is 0 Å². The molecule has 0 amide bonds. The molecule has 0 saturated heterocycles. The Bertz CT molecular complexity index is 504. The van der Waals surface area contributed by atoms with Crippen LogP contribution in [-0.2, 0) is 12.8 Å². The van der Waals surface area contributed by atoms with Crippen LogP contribution in [0.2, 0.25) is 0 Å². The lowest BCUT2D eigenvalue weighted by atomic mass is 10.1. The van der Waals surface area contributed by atoms with E-state index in [0.29, 0.717) is 6.04 Å². The maximum absolute atomic E-state index is 3.73. The molecule has 1 unspecified atom stereocenters. The van der Waals surface area contributed by atoms with Crippen molar-refractivity contribution >= 4 is 22.7 Å². The molecule has 2 aromatic heterocycles. The summed E-state index contributed by atoms with van der Waals surface area (Å²) in [5, 5.41) is 8.21. The highest BCUT2D eigenvalue weighted by Gasteiger charge is 2.19. The summed E-state index contributed by atoms with van der Waals surface area (Å²) >= 11 is 3.85. The Morgan fingerprint density at radius 3 is 2.95 bits per heavy atom. The summed E-state index contributed by atoms with van der Waals surface area (Å²) in [5.74, 6) is 0. The normalized spacial score (nSPS) is 16.6. The van der Waals surface area contributed by atoms with Gasteiger partial charge in [-0.1, -0.05) is 13.3 Å². The fraction of sp³-hybridized carbons (Fsp3) is 0.529. The van der Waals surface area contributed by atoms with Gasteiger partial charge in [-0.25, -0.2) is 0 Å². The summed E-state index contributed by atoms with van der Waals surface area (Å²) in [6.07, 6.45) is 7.91. The van der Waals surface area contributed by atoms with Crippen molar-refractivity contribution < 1.29 is 0 Å². The van der Waals surface area contributed by atoms with E-state index in [-0.39, 0.29) is 0 Å². The molecule has 3 rings (SSSR count). The van der Waals surface area contributed by atoms with Gasteiger partial charge in [0.25, 0.3) is 0 Å². The van der Waals surface area contributed by atoms with E-state index in [1.165, 1.54) is 49.0 Å². The maximum atomic E-state index is 3.73. The first-order valence-corrected chi connectivity index (χ1v) is 9.51. The summed E-state index contributed by atoms with van der Waals surface area (Å²) < 4.78 is 0. The Morgan fingerprint density at radius 1 is 1.25 bits per heavy atom. The quantitative estimate of drug-likeness (QED) is 0.752. The molecule has 0 saturated carbocycles. The van der Waals surface area contributed by atoms with Gasteiger partial charge in [0.05, 0.1) is 6.04 Å². The zero-order valence-electron chi connectivity index (χ0n) is 12.2. The van der Waals surface area contributed by atoms with E-state index in [1.807, 2.05) is 11.3 Å². The molecule has 0 spiro atoms. The summed E-state index contributed by atoms with van der Waals surface area (Å²) in [6.45, 7) is 3.32. The van der Waals surface area contributed by atoms with Crippen molar-refractivity contribution in [2.75, 3.05) is 6.54 Å². The van der Waals surface area contributed by atoms with Crippen LogP contribution in [-0.4, -0.2) is 6.54 Å². The maximum Gasteiger partial charge on any atom is 0.0679 e. The second-order valence-electron chi connectivity index (χ2n) is 5.60. The van der Waals surface area contributed by atoms with Crippen LogP contribution < -0.4 is 5.32 Å². The van der Waals surface area contributed by atoms with Crippen molar-refractivity contribution in [3.8, 4) is 0 Å². The van der Waals surface area contributed by atoms with E-state index in [1.54, 1.807) is 21.8 Å². The van der Waals surface area contributed by atoms with Gasteiger partial charge in [-0.05, 0) is 72.7 Å². The minimum Gasteiger partial charge on any atom is -0.306 e. The lowest BCUT2D eigenvalue weighted by Crippen LogP contribution is -2.21. The van der Waals surface area contributed by atoms with E-state index in [0.717, 1.165) is 6.54 Å². The lowest BCUT2D eigenvalue weighted by molar-refractivity contribution is 0.607. The minimum absolute atomic E-state index is 0.401. The van der Waals surface area contributed by atoms with Gasteiger partial charge in [0.1, 0.15) is 0 Å². The van der Waals surface area contributed by atoms with Gasteiger partial charge < -0.3 is 5.32 Å². The Balaban J connectivity index is 1.87. The van der Waals surface area contributed by atoms with Gasteiger partial charge in [0.15, 0.2) is 0 Å². The number of fused-ring (bicyclic) bond motifs is 1. The van der Waals surface area contributed by atoms with Crippen LogP contribution in [0.1, 0.15) is 59.5 Å². The van der Waals surface area contributed by atoms with Crippen molar-refractivity contribution in [3.63, 3.8) is 0 Å². The molecule has 1 atom stereocenters. The van der Waals surface area contributed by atoms with Crippen LogP contribution in [0, 0.1) is 0 Å². The number of aryl methyl sites for hydroxylation is 2. The zero-order valence-corrected chi connectivity index (χ0v) is 13.8. The number of hydrogen-bond acceptors (Lipinski definition) is 3. The number of hydrogen-bond donors (Lipinski definition) is 1. The second kappa shape index (κ2) is 6.88. The molecule has 2 aromatic rings. The fourth-order valence-corrected chi connectivity index (χ4v) is 4.99. The summed E-state index contributed by atoms with van der Waals surface area (Å²) in [4.78, 5) is 3.17. The predicted octanol–water partition coefficient (Wildman–Crippen LogP) is 5.17. The number of nitrogens with one attached hydrogen (secondary N) is 1. The minimum atomic E-state index is 0.401. The highest BCUT2D eigenvalue weighted by molar-refractivity contribution is 7.12. The highest BCUT2D eigenvalue weighted by Crippen LogP contribution is 2.35. The smallest absolute Gasteiger partial charge is 0.0679 e. The molecule has 0 radical (unpaired) electrons. The molecule has 20 heavy (non-hydrogen) atoms. The molecule has 1 nitrogen and oxygen atoms in total. The third-order valence-electron chi connectivity index (χ3n) is 4.03. The van der Waals surface area contributed by atoms with Crippen molar-refractivity contribution in [2.45, 2.75) is 51.5 Å². The van der Waals surface area contributed by atoms with E-state index in [4.69, 9.17) is 0 Å². The van der Waals surface area contributed by atoms with Crippen molar-refractivity contribution in [1.29, 1.82) is 0 Å². The first-order chi connectivity index (χ1) is 9.88. The van der Waals surface area contributed by atoms with Gasteiger partial charge in [-0.15, -0.1) is 11.3 Å². The molecular weight excluding hydrogens is 282 g/mol. The third-order valence-corrected chi connectivity index (χ3v) is 6.03. The van der Waals surface area contributed by atoms with E-state index in [2.05, 4.69) is 35.1 Å². The molecule has 0 aliphatic heterocycles. The van der Waals surface area contributed by atoms with E-state index in [9.17, 15) is 0 Å². The standard InChI is InChI=1S/C17H23NS2/c1-2-9-18-17(14-8-10-19-12-14)16-11-13-6-4-3-5-7-15(13)20-16/h8,10-12,17-18H,2-7,9H2,1H3. The Morgan fingerprint density at radius 2 is 2.15 bits per heavy atom. The molecule has 0 bridgehead atoms. The zero-order chi connectivity index (χ0) is 13.8. The summed E-state index contributed by atoms with van der Waals surface area (Å²) in [5.41, 5.74) is 3.06. The molecule has 2 heterocycles. The second-order valence-corrected chi connectivity index (χ2v) is 7.55. The third kappa shape index (κ3) is 3.16. The van der Waals surface area contributed by atoms with Crippen molar-refractivity contribution in [3.05, 3.63) is 43.8 Å². The molecule has 1 N–H and O–H groups in total. The Hall–Kier alpha value is -0.640. The monoisotopic (exact) mass is 305 g/mol. The van der Waals surface area contributed by atoms with Gasteiger partial charge in [0.2, 0.25) is 0 Å². The van der Waals surface area contributed by atoms with Gasteiger partial charge >= 0.3 is 0 Å². The van der Waals surface area contributed by atoms with Crippen LogP contribution >= 0.6 is 22.7 Å². The van der Waals surface area contributed by atoms with Crippen molar-refractivity contribution in [2.24, 2.45) is 0 Å². The van der Waals surface area contributed by atoms with Gasteiger partial charge in [0, 0.05) is 9.75 Å². The molecular formula is C17H23NS2. The molecule has 3 heteroatoms. The number of rotatable bonds is 5. The van der Waals surface area contributed by atoms with Crippen LogP contribution in [0.15, 0.2) is 22.9 Å². The average molecular weight is 306 g/mol. The fourth-order valence-electron chi connectivity index (χ4n) is 2.94. The highest BCUT2D eigenvalue weighted by atomic mass is 32.1. The van der Waals surface area contributed by atoms with Gasteiger partial charge in [-0.3, -0.25) is 0 Å². The summed E-state index contributed by atoms with van der Waals surface area (Å²) in [6, 6.07) is 5.15. The molecule has 1 aliphatic rings. The van der Waals surface area contributed by atoms with Crippen LogP contribution in [0.3, 0.4) is 0 Å². The predicted molar refractivity (Wildman–Crippen MR) is 90.0 cm³/mol. The van der Waals surface area contributed by atoms with Gasteiger partial charge in [-0.2, -0.15) is 11.3 Å². The Kier molecular flexibility index (Phi) is 4.92. The average Bonchev–Trinajstić information content (AvgIpc) is 3.06. The van der Waals surface area contributed by atoms with Crippen molar-refractivity contribution in [1.82, 2.24) is 5.32 Å². The summed E-state index contributed by atoms with van der Waals surface area (Å²) in [7, 11) is 0. The lowest BCUT2D eigenvalue weighted by Gasteiger charge is -2.16. The SMILES string of the molecule is CCCNC(c1ccsc1)c1cc2c(s1)CCCCC2. The molecule has 0 aromatic carbocycles. The Labute approximate surface area is 130 Å². The first kappa shape index (κ1) is 14.3. The van der Waals surface area contributed by atoms with Crippen LogP contribution in [0.5, 0.6) is 0 Å². The van der Waals surface area contributed by atoms with E-state index >= 15 is 0 Å². The molecule has 108 valence electrons. The van der Waals surface area contributed by atoms with Crippen LogP contribution in [0.4, 0.5) is 0 Å². The van der Waals surface area contributed by atoms with Crippen LogP contribution in [0.25, 0.3) is 0 Å². The molecule has 1 aliphatic carbocycles. The first-order valence-electron chi connectivity index (χ1n) is 7.75. The largest absolute Gasteiger partial charge is 0.306 e. The topological polar surface area (TPSA) is 12.0 Å². The number of thiophene rings is 2. The molecule has 0 fully saturated rings.